The first-order chi connectivity index (χ1) is 10.9. The lowest BCUT2D eigenvalue weighted by molar-refractivity contribution is 0.178. The predicted octanol–water partition coefficient (Wildman–Crippen LogP) is 1.99. The molecule has 0 aliphatic carbocycles. The van der Waals surface area contributed by atoms with Gasteiger partial charge in [0.25, 0.3) is 0 Å². The van der Waals surface area contributed by atoms with Gasteiger partial charge in [0.2, 0.25) is 0 Å². The van der Waals surface area contributed by atoms with Crippen LogP contribution >= 0.6 is 0 Å². The first-order valence-corrected chi connectivity index (χ1v) is 7.10. The van der Waals surface area contributed by atoms with E-state index in [0.717, 1.165) is 24.4 Å². The Morgan fingerprint density at radius 2 is 1.91 bits per heavy atom. The Labute approximate surface area is 128 Å². The molecule has 0 saturated heterocycles. The third-order valence-electron chi connectivity index (χ3n) is 3.27. The average molecular weight is 295 g/mol. The van der Waals surface area contributed by atoms with E-state index in [1.54, 1.807) is 31.9 Å². The van der Waals surface area contributed by atoms with Gasteiger partial charge in [-0.3, -0.25) is 9.97 Å². The lowest BCUT2D eigenvalue weighted by Gasteiger charge is -2.05. The molecular weight excluding hydrogens is 278 g/mol. The topological polar surface area (TPSA) is 65.7 Å². The number of methoxy groups -OCH3 is 1. The van der Waals surface area contributed by atoms with Gasteiger partial charge in [0.15, 0.2) is 5.82 Å². The minimum absolute atomic E-state index is 0.398. The molecule has 0 atom stereocenters. The summed E-state index contributed by atoms with van der Waals surface area (Å²) in [7, 11) is 1.64. The highest BCUT2D eigenvalue weighted by atomic mass is 16.5. The SMILES string of the molecule is COCc1nc(CCc2ccncc2)n(-c2cccnc2)n1. The fourth-order valence-electron chi connectivity index (χ4n) is 2.24. The number of aryl methyl sites for hydroxylation is 2. The van der Waals surface area contributed by atoms with Gasteiger partial charge in [0.1, 0.15) is 12.4 Å². The third kappa shape index (κ3) is 3.35. The molecule has 0 spiro atoms. The molecular formula is C16H17N5O. The van der Waals surface area contributed by atoms with Crippen molar-refractivity contribution in [2.24, 2.45) is 0 Å². The number of nitrogens with zero attached hydrogens (tertiary/aromatic N) is 5. The Morgan fingerprint density at radius 1 is 1.05 bits per heavy atom. The zero-order valence-electron chi connectivity index (χ0n) is 12.4. The molecule has 0 bridgehead atoms. The highest BCUT2D eigenvalue weighted by Gasteiger charge is 2.11. The van der Waals surface area contributed by atoms with Crippen LogP contribution in [0.5, 0.6) is 0 Å². The highest BCUT2D eigenvalue weighted by molar-refractivity contribution is 5.28. The first kappa shape index (κ1) is 14.3. The van der Waals surface area contributed by atoms with Crippen molar-refractivity contribution in [3.05, 3.63) is 66.3 Å². The molecule has 0 unspecified atom stereocenters. The number of aromatic nitrogens is 5. The van der Waals surface area contributed by atoms with E-state index < -0.39 is 0 Å². The summed E-state index contributed by atoms with van der Waals surface area (Å²) < 4.78 is 6.97. The maximum atomic E-state index is 5.13. The molecule has 0 fully saturated rings. The molecule has 3 rings (SSSR count). The summed E-state index contributed by atoms with van der Waals surface area (Å²) in [4.78, 5) is 12.8. The minimum Gasteiger partial charge on any atom is -0.377 e. The summed E-state index contributed by atoms with van der Waals surface area (Å²) in [6.07, 6.45) is 8.80. The van der Waals surface area contributed by atoms with Crippen molar-refractivity contribution in [1.82, 2.24) is 24.7 Å². The molecule has 3 heterocycles. The second kappa shape index (κ2) is 6.91. The van der Waals surface area contributed by atoms with E-state index in [1.807, 2.05) is 28.9 Å². The van der Waals surface area contributed by atoms with Gasteiger partial charge < -0.3 is 4.74 Å². The van der Waals surface area contributed by atoms with Crippen molar-refractivity contribution < 1.29 is 4.74 Å². The zero-order chi connectivity index (χ0) is 15.2. The normalized spacial score (nSPS) is 10.8. The van der Waals surface area contributed by atoms with Gasteiger partial charge in [-0.25, -0.2) is 9.67 Å². The molecule has 0 aliphatic heterocycles. The molecule has 0 aliphatic rings. The minimum atomic E-state index is 0.398. The van der Waals surface area contributed by atoms with Crippen LogP contribution in [-0.2, 0) is 24.2 Å². The Kier molecular flexibility index (Phi) is 4.50. The second-order valence-electron chi connectivity index (χ2n) is 4.86. The molecule has 0 saturated carbocycles. The number of ether oxygens (including phenoxy) is 1. The van der Waals surface area contributed by atoms with Crippen molar-refractivity contribution in [1.29, 1.82) is 0 Å². The second-order valence-corrected chi connectivity index (χ2v) is 4.86. The summed E-state index contributed by atoms with van der Waals surface area (Å²) in [6.45, 7) is 0.398. The van der Waals surface area contributed by atoms with Crippen molar-refractivity contribution in [3.63, 3.8) is 0 Å². The Bertz CT molecular complexity index is 712. The van der Waals surface area contributed by atoms with Gasteiger partial charge >= 0.3 is 0 Å². The van der Waals surface area contributed by atoms with Crippen LogP contribution in [0, 0.1) is 0 Å². The van der Waals surface area contributed by atoms with Gasteiger partial charge in [-0.15, -0.1) is 5.10 Å². The Balaban J connectivity index is 1.85. The molecule has 0 N–H and O–H groups in total. The van der Waals surface area contributed by atoms with E-state index in [1.165, 1.54) is 5.56 Å². The molecule has 0 aromatic carbocycles. The van der Waals surface area contributed by atoms with Crippen LogP contribution in [0.3, 0.4) is 0 Å². The van der Waals surface area contributed by atoms with Crippen LogP contribution < -0.4 is 0 Å². The van der Waals surface area contributed by atoms with Crippen LogP contribution in [0.4, 0.5) is 0 Å². The highest BCUT2D eigenvalue weighted by Crippen LogP contribution is 2.12. The van der Waals surface area contributed by atoms with Crippen LogP contribution in [0.1, 0.15) is 17.2 Å². The Hall–Kier alpha value is -2.60. The fraction of sp³-hybridized carbons (Fsp3) is 0.250. The van der Waals surface area contributed by atoms with E-state index >= 15 is 0 Å². The van der Waals surface area contributed by atoms with Crippen LogP contribution in [0.2, 0.25) is 0 Å². The molecule has 0 radical (unpaired) electrons. The average Bonchev–Trinajstić information content (AvgIpc) is 2.98. The first-order valence-electron chi connectivity index (χ1n) is 7.10. The van der Waals surface area contributed by atoms with Crippen molar-refractivity contribution in [2.75, 3.05) is 7.11 Å². The largest absolute Gasteiger partial charge is 0.377 e. The smallest absolute Gasteiger partial charge is 0.176 e. The van der Waals surface area contributed by atoms with Gasteiger partial charge in [-0.1, -0.05) is 0 Å². The van der Waals surface area contributed by atoms with Crippen molar-refractivity contribution >= 4 is 0 Å². The summed E-state index contributed by atoms with van der Waals surface area (Å²) in [5.74, 6) is 1.58. The number of pyridine rings is 2. The number of hydrogen-bond donors (Lipinski definition) is 0. The molecule has 22 heavy (non-hydrogen) atoms. The van der Waals surface area contributed by atoms with E-state index in [-0.39, 0.29) is 0 Å². The van der Waals surface area contributed by atoms with E-state index in [2.05, 4.69) is 20.1 Å². The molecule has 112 valence electrons. The lowest BCUT2D eigenvalue weighted by Crippen LogP contribution is -2.05. The maximum absolute atomic E-state index is 5.13. The fourth-order valence-corrected chi connectivity index (χ4v) is 2.24. The van der Waals surface area contributed by atoms with Gasteiger partial charge in [-0.2, -0.15) is 0 Å². The maximum Gasteiger partial charge on any atom is 0.176 e. The monoisotopic (exact) mass is 295 g/mol. The number of hydrogen-bond acceptors (Lipinski definition) is 5. The number of rotatable bonds is 6. The lowest BCUT2D eigenvalue weighted by atomic mass is 10.1. The van der Waals surface area contributed by atoms with E-state index in [4.69, 9.17) is 4.74 Å². The molecule has 6 heteroatoms. The van der Waals surface area contributed by atoms with Gasteiger partial charge in [0.05, 0.1) is 11.9 Å². The van der Waals surface area contributed by atoms with Crippen LogP contribution in [0.25, 0.3) is 5.69 Å². The molecule has 3 aromatic heterocycles. The van der Waals surface area contributed by atoms with Crippen molar-refractivity contribution in [2.45, 2.75) is 19.4 Å². The molecule has 0 amide bonds. The predicted molar refractivity (Wildman–Crippen MR) is 81.5 cm³/mol. The third-order valence-corrected chi connectivity index (χ3v) is 3.27. The molecule has 3 aromatic rings. The van der Waals surface area contributed by atoms with Crippen LogP contribution in [0.15, 0.2) is 49.1 Å². The quantitative estimate of drug-likeness (QED) is 0.696. The Morgan fingerprint density at radius 3 is 2.64 bits per heavy atom. The van der Waals surface area contributed by atoms with Crippen LogP contribution in [-0.4, -0.2) is 31.8 Å². The summed E-state index contributed by atoms with van der Waals surface area (Å²) in [5.41, 5.74) is 2.13. The van der Waals surface area contributed by atoms with Gasteiger partial charge in [0, 0.05) is 32.1 Å². The summed E-state index contributed by atoms with van der Waals surface area (Å²) >= 11 is 0. The zero-order valence-corrected chi connectivity index (χ0v) is 12.4. The standard InChI is InChI=1S/C16H17N5O/c1-22-12-15-19-16(5-4-13-6-9-17-10-7-13)21(20-15)14-3-2-8-18-11-14/h2-3,6-11H,4-5,12H2,1H3. The molecule has 6 nitrogen and oxygen atoms in total. The van der Waals surface area contributed by atoms with Crippen molar-refractivity contribution in [3.8, 4) is 5.69 Å². The summed E-state index contributed by atoms with van der Waals surface area (Å²) in [6, 6.07) is 7.88. The van der Waals surface area contributed by atoms with E-state index in [0.29, 0.717) is 12.4 Å². The van der Waals surface area contributed by atoms with E-state index in [9.17, 15) is 0 Å². The summed E-state index contributed by atoms with van der Waals surface area (Å²) in [5, 5.41) is 4.51. The van der Waals surface area contributed by atoms with Gasteiger partial charge in [-0.05, 0) is 36.2 Å².